The number of rotatable bonds is 4. The minimum Gasteiger partial charge on any atom is -0.240 e. The van der Waals surface area contributed by atoms with E-state index in [0.29, 0.717) is 15.6 Å². The van der Waals surface area contributed by atoms with Crippen LogP contribution in [0.3, 0.4) is 0 Å². The summed E-state index contributed by atoms with van der Waals surface area (Å²) in [6, 6.07) is 14.6. The smallest absolute Gasteiger partial charge is 0.160 e. The topological polar surface area (TPSA) is 47.0 Å². The molecular weight excluding hydrogens is 326 g/mol. The molecule has 3 nitrogen and oxygen atoms in total. The van der Waals surface area contributed by atoms with Gasteiger partial charge in [0.15, 0.2) is 9.84 Å². The number of nitrogens with zero attached hydrogens (tertiary/aromatic N) is 1. The molecule has 0 N–H and O–H groups in total. The maximum atomic E-state index is 12.3. The number of hydrogen-bond donors (Lipinski definition) is 0. The van der Waals surface area contributed by atoms with Gasteiger partial charge in [-0.2, -0.15) is 0 Å². The van der Waals surface area contributed by atoms with Crippen LogP contribution in [0, 0.1) is 0 Å². The summed E-state index contributed by atoms with van der Waals surface area (Å²) < 4.78 is 25.6. The molecule has 0 saturated carbocycles. The van der Waals surface area contributed by atoms with Gasteiger partial charge in [0.2, 0.25) is 0 Å². The molecule has 1 aromatic heterocycles. The normalized spacial score (nSPS) is 11.9. The summed E-state index contributed by atoms with van der Waals surface area (Å²) in [7, 11) is -3.26. The van der Waals surface area contributed by atoms with Gasteiger partial charge in [0.25, 0.3) is 0 Å². The predicted molar refractivity (Wildman–Crippen MR) is 87.4 cm³/mol. The van der Waals surface area contributed by atoms with Crippen LogP contribution in [0.4, 0.5) is 0 Å². The van der Waals surface area contributed by atoms with Crippen molar-refractivity contribution in [3.05, 3.63) is 64.1 Å². The van der Waals surface area contributed by atoms with Crippen LogP contribution < -0.4 is 0 Å². The van der Waals surface area contributed by atoms with Gasteiger partial charge in [-0.25, -0.2) is 13.4 Å². The first-order chi connectivity index (χ1) is 10.0. The van der Waals surface area contributed by atoms with E-state index in [1.807, 2.05) is 24.3 Å². The molecule has 2 aromatic carbocycles. The van der Waals surface area contributed by atoms with E-state index in [0.717, 1.165) is 10.2 Å². The second kappa shape index (κ2) is 5.75. The minimum atomic E-state index is -3.26. The number of halogens is 1. The average molecular weight is 338 g/mol. The van der Waals surface area contributed by atoms with E-state index < -0.39 is 9.84 Å². The maximum absolute atomic E-state index is 12.3. The van der Waals surface area contributed by atoms with E-state index in [-0.39, 0.29) is 11.5 Å². The fraction of sp³-hybridized carbons (Fsp3) is 0.133. The second-order valence-corrected chi connectivity index (χ2v) is 8.35. The number of hydrogen-bond acceptors (Lipinski definition) is 4. The Hall–Kier alpha value is -1.43. The van der Waals surface area contributed by atoms with Gasteiger partial charge in [0, 0.05) is 5.02 Å². The fourth-order valence-corrected chi connectivity index (χ4v) is 5.08. The standard InChI is InChI=1S/C15H12ClNO2S2/c16-12-5-3-4-11(8-12)9-21(18,19)10-15-17-13-6-1-2-7-14(13)20-15/h1-8H,9-10H2. The van der Waals surface area contributed by atoms with Gasteiger partial charge in [-0.3, -0.25) is 0 Å². The molecule has 0 aliphatic carbocycles. The van der Waals surface area contributed by atoms with Crippen LogP contribution in [0.25, 0.3) is 10.2 Å². The summed E-state index contributed by atoms with van der Waals surface area (Å²) in [5.74, 6) is -0.0671. The highest BCUT2D eigenvalue weighted by Gasteiger charge is 2.16. The van der Waals surface area contributed by atoms with Gasteiger partial charge in [0.1, 0.15) is 10.8 Å². The molecule has 0 radical (unpaired) electrons. The minimum absolute atomic E-state index is 0.0243. The Labute approximate surface area is 132 Å². The summed E-state index contributed by atoms with van der Waals surface area (Å²) in [6.45, 7) is 0. The molecule has 0 atom stereocenters. The molecule has 0 bridgehead atoms. The summed E-state index contributed by atoms with van der Waals surface area (Å²) in [5, 5.41) is 1.17. The Balaban J connectivity index is 1.82. The van der Waals surface area contributed by atoms with Crippen molar-refractivity contribution in [3.8, 4) is 0 Å². The van der Waals surface area contributed by atoms with Gasteiger partial charge in [-0.1, -0.05) is 35.9 Å². The van der Waals surface area contributed by atoms with Crippen molar-refractivity contribution < 1.29 is 8.42 Å². The summed E-state index contributed by atoms with van der Waals surface area (Å²) in [5.41, 5.74) is 1.54. The lowest BCUT2D eigenvalue weighted by molar-refractivity contribution is 0.594. The first-order valence-corrected chi connectivity index (χ1v) is 9.33. The molecule has 0 aliphatic rings. The third-order valence-electron chi connectivity index (χ3n) is 2.96. The van der Waals surface area contributed by atoms with Crippen LogP contribution in [-0.2, 0) is 21.3 Å². The molecule has 0 fully saturated rings. The second-order valence-electron chi connectivity index (χ2n) is 4.74. The van der Waals surface area contributed by atoms with E-state index in [4.69, 9.17) is 11.6 Å². The Bertz CT molecular complexity index is 854. The van der Waals surface area contributed by atoms with Gasteiger partial charge in [-0.05, 0) is 29.8 Å². The third kappa shape index (κ3) is 3.61. The number of sulfone groups is 1. The number of para-hydroxylation sites is 1. The van der Waals surface area contributed by atoms with Crippen molar-refractivity contribution >= 4 is 43.0 Å². The lowest BCUT2D eigenvalue weighted by Crippen LogP contribution is -2.07. The van der Waals surface area contributed by atoms with Crippen LogP contribution in [0.15, 0.2) is 48.5 Å². The van der Waals surface area contributed by atoms with Gasteiger partial charge in [-0.15, -0.1) is 11.3 Å². The van der Waals surface area contributed by atoms with Crippen LogP contribution in [-0.4, -0.2) is 13.4 Å². The van der Waals surface area contributed by atoms with E-state index in [1.165, 1.54) is 11.3 Å². The molecule has 0 spiro atoms. The van der Waals surface area contributed by atoms with Gasteiger partial charge in [0.05, 0.1) is 16.0 Å². The first kappa shape index (κ1) is 14.5. The molecule has 0 aliphatic heterocycles. The largest absolute Gasteiger partial charge is 0.240 e. The third-order valence-corrected chi connectivity index (χ3v) is 5.90. The molecule has 6 heteroatoms. The summed E-state index contributed by atoms with van der Waals surface area (Å²) in [4.78, 5) is 4.37. The van der Waals surface area contributed by atoms with Crippen molar-refractivity contribution in [2.24, 2.45) is 0 Å². The number of benzene rings is 2. The van der Waals surface area contributed by atoms with Crippen LogP contribution in [0.1, 0.15) is 10.6 Å². The zero-order valence-electron chi connectivity index (χ0n) is 11.0. The molecule has 0 saturated heterocycles. The van der Waals surface area contributed by atoms with Crippen molar-refractivity contribution in [2.75, 3.05) is 0 Å². The molecule has 0 unspecified atom stereocenters. The molecule has 1 heterocycles. The monoisotopic (exact) mass is 337 g/mol. The SMILES string of the molecule is O=S(=O)(Cc1cccc(Cl)c1)Cc1nc2ccccc2s1. The Morgan fingerprint density at radius 3 is 2.62 bits per heavy atom. The fourth-order valence-electron chi connectivity index (χ4n) is 2.10. The van der Waals surface area contributed by atoms with E-state index in [1.54, 1.807) is 24.3 Å². The lowest BCUT2D eigenvalue weighted by Gasteiger charge is -2.03. The van der Waals surface area contributed by atoms with Crippen LogP contribution in [0.5, 0.6) is 0 Å². The Morgan fingerprint density at radius 1 is 1.05 bits per heavy atom. The predicted octanol–water partition coefficient (Wildman–Crippen LogP) is 4.06. The number of fused-ring (bicyclic) bond motifs is 1. The summed E-state index contributed by atoms with van der Waals surface area (Å²) >= 11 is 7.30. The van der Waals surface area contributed by atoms with Gasteiger partial charge < -0.3 is 0 Å². The molecule has 108 valence electrons. The van der Waals surface area contributed by atoms with Gasteiger partial charge >= 0.3 is 0 Å². The summed E-state index contributed by atoms with van der Waals surface area (Å²) in [6.07, 6.45) is 0. The molecule has 21 heavy (non-hydrogen) atoms. The quantitative estimate of drug-likeness (QED) is 0.721. The molecule has 3 aromatic rings. The Kier molecular flexibility index (Phi) is 3.97. The van der Waals surface area contributed by atoms with Crippen molar-refractivity contribution in [1.29, 1.82) is 0 Å². The zero-order chi connectivity index (χ0) is 14.9. The molecule has 0 amide bonds. The zero-order valence-corrected chi connectivity index (χ0v) is 13.4. The lowest BCUT2D eigenvalue weighted by atomic mass is 10.2. The van der Waals surface area contributed by atoms with Crippen LogP contribution >= 0.6 is 22.9 Å². The molecular formula is C15H12ClNO2S2. The maximum Gasteiger partial charge on any atom is 0.160 e. The van der Waals surface area contributed by atoms with E-state index >= 15 is 0 Å². The Morgan fingerprint density at radius 2 is 1.86 bits per heavy atom. The molecule has 3 rings (SSSR count). The first-order valence-electron chi connectivity index (χ1n) is 6.31. The van der Waals surface area contributed by atoms with E-state index in [2.05, 4.69) is 4.98 Å². The van der Waals surface area contributed by atoms with Crippen molar-refractivity contribution in [2.45, 2.75) is 11.5 Å². The number of aromatic nitrogens is 1. The highest BCUT2D eigenvalue weighted by atomic mass is 35.5. The van der Waals surface area contributed by atoms with E-state index in [9.17, 15) is 8.42 Å². The average Bonchev–Trinajstić information content (AvgIpc) is 2.79. The van der Waals surface area contributed by atoms with Crippen molar-refractivity contribution in [1.82, 2.24) is 4.98 Å². The number of thiazole rings is 1. The highest BCUT2D eigenvalue weighted by Crippen LogP contribution is 2.24. The highest BCUT2D eigenvalue weighted by molar-refractivity contribution is 7.90. The van der Waals surface area contributed by atoms with Crippen LogP contribution in [0.2, 0.25) is 5.02 Å². The van der Waals surface area contributed by atoms with Crippen molar-refractivity contribution in [3.63, 3.8) is 0 Å².